The number of sulfonamides is 1. The van der Waals surface area contributed by atoms with Crippen LogP contribution in [0.5, 0.6) is 0 Å². The zero-order chi connectivity index (χ0) is 15.9. The van der Waals surface area contributed by atoms with E-state index in [9.17, 15) is 18.0 Å². The van der Waals surface area contributed by atoms with Crippen LogP contribution in [0.15, 0.2) is 23.1 Å². The van der Waals surface area contributed by atoms with E-state index in [-0.39, 0.29) is 15.9 Å². The van der Waals surface area contributed by atoms with Crippen LogP contribution in [0.1, 0.15) is 18.9 Å². The second-order valence-corrected chi connectivity index (χ2v) is 8.15. The molecule has 2 aliphatic heterocycles. The lowest BCUT2D eigenvalue weighted by atomic mass is 10.2. The van der Waals surface area contributed by atoms with Crippen LogP contribution in [0.4, 0.5) is 5.69 Å². The van der Waals surface area contributed by atoms with Crippen LogP contribution < -0.4 is 9.62 Å². The number of carbonyl (C=O) groups is 2. The van der Waals surface area contributed by atoms with Gasteiger partial charge in [0.2, 0.25) is 21.0 Å². The van der Waals surface area contributed by atoms with Gasteiger partial charge in [0.05, 0.1) is 10.9 Å². The Morgan fingerprint density at radius 2 is 2.18 bits per heavy atom. The normalized spacial score (nSPS) is 21.2. The molecule has 1 aromatic rings. The van der Waals surface area contributed by atoms with E-state index >= 15 is 0 Å². The van der Waals surface area contributed by atoms with Crippen molar-refractivity contribution >= 4 is 38.5 Å². The molecule has 1 atom stereocenters. The quantitative estimate of drug-likeness (QED) is 0.884. The maximum absolute atomic E-state index is 12.4. The number of hydrogen-bond acceptors (Lipinski definition) is 5. The molecule has 8 heteroatoms. The molecule has 6 nitrogen and oxygen atoms in total. The molecule has 22 heavy (non-hydrogen) atoms. The molecule has 1 N–H and O–H groups in total. The molecule has 3 rings (SSSR count). The molecule has 0 aromatic heterocycles. The van der Waals surface area contributed by atoms with Crippen molar-refractivity contribution in [3.63, 3.8) is 0 Å². The molecule has 1 aromatic carbocycles. The average Bonchev–Trinajstić information content (AvgIpc) is 3.04. The highest BCUT2D eigenvalue weighted by Gasteiger charge is 2.31. The Morgan fingerprint density at radius 1 is 1.41 bits per heavy atom. The van der Waals surface area contributed by atoms with Gasteiger partial charge in [-0.15, -0.1) is 0 Å². The molecule has 0 saturated carbocycles. The van der Waals surface area contributed by atoms with Gasteiger partial charge in [-0.25, -0.2) is 8.42 Å². The summed E-state index contributed by atoms with van der Waals surface area (Å²) < 4.78 is 27.3. The number of carbonyl (C=O) groups excluding carboxylic acids is 2. The fourth-order valence-corrected chi connectivity index (χ4v) is 5.02. The van der Waals surface area contributed by atoms with E-state index in [1.165, 1.54) is 13.0 Å². The highest BCUT2D eigenvalue weighted by molar-refractivity contribution is 8.14. The van der Waals surface area contributed by atoms with E-state index in [4.69, 9.17) is 0 Å². The van der Waals surface area contributed by atoms with Crippen LogP contribution in [-0.2, 0) is 26.0 Å². The summed E-state index contributed by atoms with van der Waals surface area (Å²) in [6.45, 7) is 2.06. The van der Waals surface area contributed by atoms with Crippen molar-refractivity contribution in [2.75, 3.05) is 17.2 Å². The minimum atomic E-state index is -3.72. The number of fused-ring (bicyclic) bond motifs is 1. The van der Waals surface area contributed by atoms with Gasteiger partial charge < -0.3 is 4.90 Å². The first kappa shape index (κ1) is 15.5. The highest BCUT2D eigenvalue weighted by Crippen LogP contribution is 2.30. The van der Waals surface area contributed by atoms with Gasteiger partial charge in [-0.05, 0) is 36.6 Å². The van der Waals surface area contributed by atoms with Crippen molar-refractivity contribution in [3.05, 3.63) is 23.8 Å². The number of thioether (sulfide) groups is 1. The van der Waals surface area contributed by atoms with Gasteiger partial charge in [-0.2, -0.15) is 4.72 Å². The van der Waals surface area contributed by atoms with Crippen molar-refractivity contribution in [3.8, 4) is 0 Å². The fraction of sp³-hybridized carbons (Fsp3) is 0.429. The lowest BCUT2D eigenvalue weighted by molar-refractivity contribution is -0.116. The predicted molar refractivity (Wildman–Crippen MR) is 84.4 cm³/mol. The Kier molecular flexibility index (Phi) is 4.00. The lowest BCUT2D eigenvalue weighted by Gasteiger charge is -2.15. The fourth-order valence-electron chi connectivity index (χ4n) is 2.73. The summed E-state index contributed by atoms with van der Waals surface area (Å²) >= 11 is 1.15. The van der Waals surface area contributed by atoms with Gasteiger partial charge >= 0.3 is 0 Å². The average molecular weight is 340 g/mol. The Balaban J connectivity index is 1.86. The Morgan fingerprint density at radius 3 is 2.82 bits per heavy atom. The van der Waals surface area contributed by atoms with Gasteiger partial charge in [0.15, 0.2) is 0 Å². The molecular weight excluding hydrogens is 324 g/mol. The van der Waals surface area contributed by atoms with Crippen molar-refractivity contribution in [2.24, 2.45) is 0 Å². The molecule has 2 aliphatic rings. The first-order valence-electron chi connectivity index (χ1n) is 6.98. The van der Waals surface area contributed by atoms with Gasteiger partial charge in [0.1, 0.15) is 0 Å². The minimum Gasteiger partial charge on any atom is -0.312 e. The van der Waals surface area contributed by atoms with Crippen molar-refractivity contribution < 1.29 is 18.0 Å². The number of nitrogens with zero attached hydrogens (tertiary/aromatic N) is 1. The molecule has 0 unspecified atom stereocenters. The SMILES string of the molecule is CC(=O)N1CCc2cc(S(=O)(=O)N[C@H]3CCSC3=O)ccc21. The lowest BCUT2D eigenvalue weighted by Crippen LogP contribution is -2.37. The summed E-state index contributed by atoms with van der Waals surface area (Å²) in [4.78, 5) is 24.9. The zero-order valence-electron chi connectivity index (χ0n) is 12.0. The highest BCUT2D eigenvalue weighted by atomic mass is 32.2. The third kappa shape index (κ3) is 2.78. The maximum atomic E-state index is 12.4. The van der Waals surface area contributed by atoms with Gasteiger partial charge in [0, 0.05) is 24.9 Å². The number of anilines is 1. The topological polar surface area (TPSA) is 83.6 Å². The standard InChI is InChI=1S/C14H16N2O4S2/c1-9(17)16-6-4-10-8-11(2-3-13(10)16)22(19,20)15-12-5-7-21-14(12)18/h2-3,8,12,15H,4-7H2,1H3/t12-/m0/s1. The summed E-state index contributed by atoms with van der Waals surface area (Å²) in [5.41, 5.74) is 1.60. The van der Waals surface area contributed by atoms with Crippen LogP contribution in [0.25, 0.3) is 0 Å². The maximum Gasteiger partial charge on any atom is 0.241 e. The summed E-state index contributed by atoms with van der Waals surface area (Å²) in [6.07, 6.45) is 1.16. The molecule has 0 aliphatic carbocycles. The monoisotopic (exact) mass is 340 g/mol. The van der Waals surface area contributed by atoms with Gasteiger partial charge in [-0.1, -0.05) is 11.8 Å². The largest absolute Gasteiger partial charge is 0.312 e. The third-order valence-electron chi connectivity index (χ3n) is 3.87. The van der Waals surface area contributed by atoms with E-state index in [1.807, 2.05) is 0 Å². The molecule has 2 heterocycles. The van der Waals surface area contributed by atoms with E-state index in [0.717, 1.165) is 23.0 Å². The number of amides is 1. The first-order valence-corrected chi connectivity index (χ1v) is 9.45. The molecule has 1 amide bonds. The molecular formula is C14H16N2O4S2. The molecule has 118 valence electrons. The Bertz CT molecular complexity index is 745. The predicted octanol–water partition coefficient (Wildman–Crippen LogP) is 0.906. The smallest absolute Gasteiger partial charge is 0.241 e. The van der Waals surface area contributed by atoms with E-state index < -0.39 is 16.1 Å². The van der Waals surface area contributed by atoms with Crippen LogP contribution >= 0.6 is 11.8 Å². The second kappa shape index (κ2) is 5.68. The number of rotatable bonds is 3. The minimum absolute atomic E-state index is 0.0546. The van der Waals surface area contributed by atoms with E-state index in [1.54, 1.807) is 17.0 Å². The van der Waals surface area contributed by atoms with E-state index in [2.05, 4.69) is 4.72 Å². The summed E-state index contributed by atoms with van der Waals surface area (Å²) in [7, 11) is -3.72. The van der Waals surface area contributed by atoms with Crippen molar-refractivity contribution in [1.29, 1.82) is 0 Å². The summed E-state index contributed by atoms with van der Waals surface area (Å²) in [5, 5.41) is -0.132. The van der Waals surface area contributed by atoms with Crippen LogP contribution in [0.3, 0.4) is 0 Å². The van der Waals surface area contributed by atoms with Gasteiger partial charge in [0.25, 0.3) is 0 Å². The van der Waals surface area contributed by atoms with E-state index in [0.29, 0.717) is 25.1 Å². The van der Waals surface area contributed by atoms with Crippen LogP contribution in [0.2, 0.25) is 0 Å². The molecule has 1 saturated heterocycles. The number of benzene rings is 1. The number of nitrogens with one attached hydrogen (secondary N) is 1. The van der Waals surface area contributed by atoms with Crippen LogP contribution in [-0.4, -0.2) is 37.8 Å². The Hall–Kier alpha value is -1.38. The van der Waals surface area contributed by atoms with Crippen LogP contribution in [0, 0.1) is 0 Å². The van der Waals surface area contributed by atoms with Gasteiger partial charge in [-0.3, -0.25) is 9.59 Å². The summed E-state index contributed by atoms with van der Waals surface area (Å²) in [6, 6.07) is 4.09. The molecule has 0 bridgehead atoms. The molecule has 1 fully saturated rings. The third-order valence-corrected chi connectivity index (χ3v) is 6.35. The number of hydrogen-bond donors (Lipinski definition) is 1. The molecule has 0 radical (unpaired) electrons. The first-order chi connectivity index (χ1) is 10.4. The Labute approximate surface area is 133 Å². The van der Waals surface area contributed by atoms with Crippen molar-refractivity contribution in [2.45, 2.75) is 30.7 Å². The summed E-state index contributed by atoms with van der Waals surface area (Å²) in [5.74, 6) is 0.588. The second-order valence-electron chi connectivity index (χ2n) is 5.34. The molecule has 0 spiro atoms. The zero-order valence-corrected chi connectivity index (χ0v) is 13.7. The van der Waals surface area contributed by atoms with Crippen molar-refractivity contribution in [1.82, 2.24) is 4.72 Å².